The normalized spacial score (nSPS) is 19.4. The van der Waals surface area contributed by atoms with E-state index in [1.54, 1.807) is 19.1 Å². The molecule has 2 aromatic rings. The van der Waals surface area contributed by atoms with Crippen LogP contribution in [-0.4, -0.2) is 61.2 Å². The van der Waals surface area contributed by atoms with Gasteiger partial charge in [0.15, 0.2) is 0 Å². The van der Waals surface area contributed by atoms with E-state index in [-0.39, 0.29) is 30.2 Å². The number of benzene rings is 2. The van der Waals surface area contributed by atoms with Gasteiger partial charge >= 0.3 is 0 Å². The van der Waals surface area contributed by atoms with Crippen molar-refractivity contribution in [3.05, 3.63) is 70.5 Å². The highest BCUT2D eigenvalue weighted by atomic mass is 19.1. The lowest BCUT2D eigenvalue weighted by atomic mass is 9.97. The van der Waals surface area contributed by atoms with Gasteiger partial charge in [-0.2, -0.15) is 0 Å². The molecular weight excluding hydrogens is 355 g/mol. The SMILES string of the molecule is Cc1ccc(Cc2ccccc2C(=O)N2C[C@@H](CN(C)C)[C@@H](CO)C2)cc1F. The van der Waals surface area contributed by atoms with Gasteiger partial charge in [-0.25, -0.2) is 4.39 Å². The van der Waals surface area contributed by atoms with Gasteiger partial charge in [0.2, 0.25) is 0 Å². The maximum absolute atomic E-state index is 13.9. The van der Waals surface area contributed by atoms with E-state index in [1.165, 1.54) is 0 Å². The van der Waals surface area contributed by atoms with E-state index in [1.807, 2.05) is 49.3 Å². The lowest BCUT2D eigenvalue weighted by Crippen LogP contribution is -2.31. The molecule has 0 unspecified atom stereocenters. The zero-order valence-corrected chi connectivity index (χ0v) is 16.9. The van der Waals surface area contributed by atoms with E-state index in [0.717, 1.165) is 17.7 Å². The number of aliphatic hydroxyl groups excluding tert-OH is 1. The molecule has 0 bridgehead atoms. The third kappa shape index (κ3) is 4.59. The van der Waals surface area contributed by atoms with Crippen molar-refractivity contribution in [2.45, 2.75) is 13.3 Å². The average Bonchev–Trinajstić information content (AvgIpc) is 3.07. The highest BCUT2D eigenvalue weighted by Crippen LogP contribution is 2.26. The Morgan fingerprint density at radius 2 is 1.89 bits per heavy atom. The second-order valence-corrected chi connectivity index (χ2v) is 8.09. The molecule has 1 aliphatic rings. The number of amides is 1. The first-order valence-electron chi connectivity index (χ1n) is 9.76. The fraction of sp³-hybridized carbons (Fsp3) is 0.435. The van der Waals surface area contributed by atoms with Crippen molar-refractivity contribution in [3.8, 4) is 0 Å². The van der Waals surface area contributed by atoms with Crippen molar-refractivity contribution in [3.63, 3.8) is 0 Å². The molecule has 0 radical (unpaired) electrons. The van der Waals surface area contributed by atoms with Gasteiger partial charge in [-0.05, 0) is 62.2 Å². The Morgan fingerprint density at radius 3 is 2.57 bits per heavy atom. The van der Waals surface area contributed by atoms with Crippen molar-refractivity contribution in [2.24, 2.45) is 11.8 Å². The van der Waals surface area contributed by atoms with Crippen LogP contribution in [0.3, 0.4) is 0 Å². The molecule has 1 fully saturated rings. The van der Waals surface area contributed by atoms with Crippen LogP contribution in [0.5, 0.6) is 0 Å². The molecule has 0 spiro atoms. The first kappa shape index (κ1) is 20.5. The molecule has 1 heterocycles. The lowest BCUT2D eigenvalue weighted by Gasteiger charge is -2.20. The number of likely N-dealkylation sites (tertiary alicyclic amines) is 1. The van der Waals surface area contributed by atoms with E-state index in [0.29, 0.717) is 30.6 Å². The number of hydrogen-bond donors (Lipinski definition) is 1. The predicted octanol–water partition coefficient (Wildman–Crippen LogP) is 2.97. The van der Waals surface area contributed by atoms with Gasteiger partial charge in [0.05, 0.1) is 0 Å². The predicted molar refractivity (Wildman–Crippen MR) is 109 cm³/mol. The van der Waals surface area contributed by atoms with Crippen LogP contribution in [0, 0.1) is 24.6 Å². The Morgan fingerprint density at radius 1 is 1.18 bits per heavy atom. The van der Waals surface area contributed by atoms with Crippen LogP contribution < -0.4 is 0 Å². The summed E-state index contributed by atoms with van der Waals surface area (Å²) in [5.74, 6) is 0.132. The molecule has 1 amide bonds. The summed E-state index contributed by atoms with van der Waals surface area (Å²) in [6, 6.07) is 12.8. The molecule has 0 aliphatic carbocycles. The summed E-state index contributed by atoms with van der Waals surface area (Å²) in [6.07, 6.45) is 0.511. The molecule has 2 atom stereocenters. The quantitative estimate of drug-likeness (QED) is 0.833. The van der Waals surface area contributed by atoms with Gasteiger partial charge in [-0.15, -0.1) is 0 Å². The van der Waals surface area contributed by atoms with E-state index < -0.39 is 0 Å². The number of halogens is 1. The maximum Gasteiger partial charge on any atom is 0.254 e. The minimum absolute atomic E-state index is 0.0112. The third-order valence-corrected chi connectivity index (χ3v) is 5.58. The molecule has 150 valence electrons. The van der Waals surface area contributed by atoms with Crippen molar-refractivity contribution in [1.29, 1.82) is 0 Å². The molecule has 1 aliphatic heterocycles. The fourth-order valence-electron chi connectivity index (χ4n) is 4.01. The van der Waals surface area contributed by atoms with Gasteiger partial charge in [-0.1, -0.05) is 30.3 Å². The Balaban J connectivity index is 1.80. The van der Waals surface area contributed by atoms with Crippen LogP contribution in [0.1, 0.15) is 27.0 Å². The molecule has 28 heavy (non-hydrogen) atoms. The minimum Gasteiger partial charge on any atom is -0.396 e. The van der Waals surface area contributed by atoms with Gasteiger partial charge < -0.3 is 14.9 Å². The molecule has 3 rings (SSSR count). The summed E-state index contributed by atoms with van der Waals surface area (Å²) in [6.45, 7) is 3.90. The number of nitrogens with zero attached hydrogens (tertiary/aromatic N) is 2. The van der Waals surface area contributed by atoms with Gasteiger partial charge in [0, 0.05) is 37.7 Å². The number of hydrogen-bond acceptors (Lipinski definition) is 3. The summed E-state index contributed by atoms with van der Waals surface area (Å²) in [7, 11) is 4.02. The number of carbonyl (C=O) groups is 1. The Labute approximate surface area is 166 Å². The highest BCUT2D eigenvalue weighted by molar-refractivity contribution is 5.96. The molecule has 0 aromatic heterocycles. The van der Waals surface area contributed by atoms with Crippen LogP contribution >= 0.6 is 0 Å². The van der Waals surface area contributed by atoms with Crippen molar-refractivity contribution < 1.29 is 14.3 Å². The Bertz CT molecular complexity index is 837. The van der Waals surface area contributed by atoms with E-state index >= 15 is 0 Å². The monoisotopic (exact) mass is 384 g/mol. The van der Waals surface area contributed by atoms with E-state index in [2.05, 4.69) is 4.90 Å². The van der Waals surface area contributed by atoms with Gasteiger partial charge in [0.1, 0.15) is 5.82 Å². The summed E-state index contributed by atoms with van der Waals surface area (Å²) in [5, 5.41) is 9.73. The van der Waals surface area contributed by atoms with Crippen LogP contribution in [0.25, 0.3) is 0 Å². The number of carbonyl (C=O) groups excluding carboxylic acids is 1. The lowest BCUT2D eigenvalue weighted by molar-refractivity contribution is 0.0778. The standard InChI is InChI=1S/C23H29FN2O2/c1-16-8-9-17(11-22(16)24)10-18-6-4-5-7-21(18)23(28)26-13-19(12-25(2)3)20(14-26)15-27/h4-9,11,19-20,27H,10,12-15H2,1-3H3/t19-,20-/m1/s1. The first-order chi connectivity index (χ1) is 13.4. The minimum atomic E-state index is -0.224. The zero-order valence-electron chi connectivity index (χ0n) is 16.9. The molecule has 1 saturated heterocycles. The first-order valence-corrected chi connectivity index (χ1v) is 9.76. The number of rotatable bonds is 6. The Hall–Kier alpha value is -2.24. The van der Waals surface area contributed by atoms with Gasteiger partial charge in [0.25, 0.3) is 5.91 Å². The number of aliphatic hydroxyl groups is 1. The van der Waals surface area contributed by atoms with Gasteiger partial charge in [-0.3, -0.25) is 4.79 Å². The zero-order chi connectivity index (χ0) is 20.3. The second-order valence-electron chi connectivity index (χ2n) is 8.09. The summed E-state index contributed by atoms with van der Waals surface area (Å²) in [5.41, 5.74) is 3.02. The van der Waals surface area contributed by atoms with Crippen molar-refractivity contribution >= 4 is 5.91 Å². The van der Waals surface area contributed by atoms with E-state index in [4.69, 9.17) is 0 Å². The second kappa shape index (κ2) is 8.84. The summed E-state index contributed by atoms with van der Waals surface area (Å²) in [4.78, 5) is 17.2. The molecule has 1 N–H and O–H groups in total. The molecule has 5 heteroatoms. The fourth-order valence-corrected chi connectivity index (χ4v) is 4.01. The molecule has 4 nitrogen and oxygen atoms in total. The smallest absolute Gasteiger partial charge is 0.254 e. The highest BCUT2D eigenvalue weighted by Gasteiger charge is 2.35. The molecule has 0 saturated carbocycles. The summed E-state index contributed by atoms with van der Waals surface area (Å²) < 4.78 is 13.9. The van der Waals surface area contributed by atoms with Crippen LogP contribution in [0.4, 0.5) is 4.39 Å². The van der Waals surface area contributed by atoms with Crippen molar-refractivity contribution in [2.75, 3.05) is 40.3 Å². The summed E-state index contributed by atoms with van der Waals surface area (Å²) >= 11 is 0. The average molecular weight is 384 g/mol. The van der Waals surface area contributed by atoms with Crippen molar-refractivity contribution in [1.82, 2.24) is 9.80 Å². The number of aryl methyl sites for hydroxylation is 1. The third-order valence-electron chi connectivity index (χ3n) is 5.58. The van der Waals surface area contributed by atoms with Crippen LogP contribution in [-0.2, 0) is 6.42 Å². The largest absolute Gasteiger partial charge is 0.396 e. The van der Waals surface area contributed by atoms with Crippen LogP contribution in [0.15, 0.2) is 42.5 Å². The molecule has 2 aromatic carbocycles. The van der Waals surface area contributed by atoms with E-state index in [9.17, 15) is 14.3 Å². The Kier molecular flexibility index (Phi) is 6.47. The molecular formula is C23H29FN2O2. The topological polar surface area (TPSA) is 43.8 Å². The maximum atomic E-state index is 13.9. The van der Waals surface area contributed by atoms with Crippen LogP contribution in [0.2, 0.25) is 0 Å².